The van der Waals surface area contributed by atoms with Gasteiger partial charge in [0.15, 0.2) is 0 Å². The van der Waals surface area contributed by atoms with Gasteiger partial charge in [-0.25, -0.2) is 0 Å². The first-order chi connectivity index (χ1) is 4.22. The zero-order valence-electron chi connectivity index (χ0n) is 5.57. The molecule has 0 heterocycles. The molecule has 0 aliphatic rings. The van der Waals surface area contributed by atoms with Gasteiger partial charge >= 0.3 is 0 Å². The highest BCUT2D eigenvalue weighted by Gasteiger charge is 1.98. The van der Waals surface area contributed by atoms with Gasteiger partial charge in [0.1, 0.15) is 0 Å². The average molecular weight is 148 g/mol. The molecule has 0 aliphatic heterocycles. The molecule has 3 heteroatoms. The molecule has 0 fully saturated rings. The van der Waals surface area contributed by atoms with Gasteiger partial charge in [-0.05, 0) is 13.3 Å². The molecule has 0 aromatic carbocycles. The van der Waals surface area contributed by atoms with Crippen LogP contribution < -0.4 is 4.84 Å². The Morgan fingerprint density at radius 1 is 1.78 bits per heavy atom. The van der Waals surface area contributed by atoms with Crippen LogP contribution in [0.3, 0.4) is 0 Å². The van der Waals surface area contributed by atoms with E-state index in [1.54, 1.807) is 6.92 Å². The molecule has 1 N–H and O–H groups in total. The van der Waals surface area contributed by atoms with E-state index in [4.69, 9.17) is 11.8 Å². The van der Waals surface area contributed by atoms with E-state index in [0.29, 0.717) is 5.57 Å². The minimum atomic E-state index is -0.224. The molecule has 0 aliphatic carbocycles. The summed E-state index contributed by atoms with van der Waals surface area (Å²) in [7, 11) is 0. The number of allylic oxidation sites excluding steroid dienone is 1. The number of amides is 1. The van der Waals surface area contributed by atoms with Crippen LogP contribution >= 0.6 is 11.8 Å². The Hall–Kier alpha value is -0.500. The second-order valence-corrected chi connectivity index (χ2v) is 1.91. The monoisotopic (exact) mass is 147 g/mol. The van der Waals surface area contributed by atoms with Gasteiger partial charge in [-0.2, -0.15) is 0 Å². The normalized spacial score (nSPS) is 11.2. The van der Waals surface area contributed by atoms with E-state index < -0.39 is 0 Å². The van der Waals surface area contributed by atoms with Crippen molar-refractivity contribution in [2.24, 2.45) is 0 Å². The number of nitrogens with one attached hydrogen (secondary N) is 1. The Morgan fingerprint density at radius 3 is 2.67 bits per heavy atom. The van der Waals surface area contributed by atoms with Crippen molar-refractivity contribution >= 4 is 17.7 Å². The molecule has 0 bridgehead atoms. The van der Waals surface area contributed by atoms with Gasteiger partial charge in [0.2, 0.25) is 0 Å². The van der Waals surface area contributed by atoms with Gasteiger partial charge < -0.3 is 0 Å². The average Bonchev–Trinajstić information content (AvgIpc) is 1.87. The number of rotatable bonds is 2. The summed E-state index contributed by atoms with van der Waals surface area (Å²) >= 11 is 5.04. The van der Waals surface area contributed by atoms with Gasteiger partial charge in [-0.15, -0.1) is 0 Å². The second kappa shape index (κ2) is 4.39. The van der Waals surface area contributed by atoms with E-state index in [2.05, 4.69) is 0 Å². The summed E-state index contributed by atoms with van der Waals surface area (Å²) in [5.41, 5.74) is 0.660. The van der Waals surface area contributed by atoms with Crippen molar-refractivity contribution in [2.75, 3.05) is 0 Å². The third-order valence-corrected chi connectivity index (χ3v) is 1.13. The zero-order chi connectivity index (χ0) is 7.28. The number of carbonyl (C=O) groups is 1. The number of halogens is 1. The van der Waals surface area contributed by atoms with Crippen molar-refractivity contribution in [2.45, 2.75) is 20.3 Å². The van der Waals surface area contributed by atoms with Gasteiger partial charge in [0.25, 0.3) is 5.91 Å². The SMILES string of the molecule is CCC=C(C)C(=O)NCl. The Kier molecular flexibility index (Phi) is 4.14. The molecule has 0 aromatic rings. The maximum atomic E-state index is 10.6. The summed E-state index contributed by atoms with van der Waals surface area (Å²) in [6.45, 7) is 3.69. The van der Waals surface area contributed by atoms with Crippen molar-refractivity contribution in [3.05, 3.63) is 11.6 Å². The van der Waals surface area contributed by atoms with Crippen LogP contribution in [-0.4, -0.2) is 5.91 Å². The Balaban J connectivity index is 3.86. The topological polar surface area (TPSA) is 29.1 Å². The molecule has 0 saturated carbocycles. The fourth-order valence-electron chi connectivity index (χ4n) is 0.473. The summed E-state index contributed by atoms with van der Waals surface area (Å²) in [6, 6.07) is 0. The van der Waals surface area contributed by atoms with Crippen LogP contribution in [0.2, 0.25) is 0 Å². The standard InChI is InChI=1S/C6H10ClNO/c1-3-4-5(2)6(9)8-7/h4H,3H2,1-2H3,(H,8,9). The zero-order valence-corrected chi connectivity index (χ0v) is 6.33. The summed E-state index contributed by atoms with van der Waals surface area (Å²) in [6.07, 6.45) is 2.67. The molecule has 0 aromatic heterocycles. The van der Waals surface area contributed by atoms with Crippen molar-refractivity contribution < 1.29 is 4.79 Å². The highest BCUT2D eigenvalue weighted by Crippen LogP contribution is 1.94. The molecular formula is C6H10ClNO. The Morgan fingerprint density at radius 2 is 2.33 bits per heavy atom. The number of hydrogen-bond acceptors (Lipinski definition) is 1. The summed E-state index contributed by atoms with van der Waals surface area (Å²) in [5, 5.41) is 0. The number of hydrogen-bond donors (Lipinski definition) is 1. The van der Waals surface area contributed by atoms with Gasteiger partial charge in [-0.1, -0.05) is 13.0 Å². The fourth-order valence-corrected chi connectivity index (χ4v) is 0.622. The van der Waals surface area contributed by atoms with Crippen molar-refractivity contribution in [3.63, 3.8) is 0 Å². The van der Waals surface area contributed by atoms with Crippen LogP contribution in [0.25, 0.3) is 0 Å². The molecule has 9 heavy (non-hydrogen) atoms. The highest BCUT2D eigenvalue weighted by molar-refractivity contribution is 6.23. The van der Waals surface area contributed by atoms with Crippen LogP contribution in [0.1, 0.15) is 20.3 Å². The molecule has 0 saturated heterocycles. The summed E-state index contributed by atoms with van der Waals surface area (Å²) in [4.78, 5) is 12.6. The van der Waals surface area contributed by atoms with Crippen LogP contribution in [0, 0.1) is 0 Å². The largest absolute Gasteiger partial charge is 0.268 e. The maximum Gasteiger partial charge on any atom is 0.260 e. The first-order valence-electron chi connectivity index (χ1n) is 2.80. The molecule has 2 nitrogen and oxygen atoms in total. The Labute approximate surface area is 60.0 Å². The molecular weight excluding hydrogens is 138 g/mol. The van der Waals surface area contributed by atoms with Crippen LogP contribution in [-0.2, 0) is 4.79 Å². The predicted octanol–water partition coefficient (Wildman–Crippen LogP) is 1.61. The highest BCUT2D eigenvalue weighted by atomic mass is 35.5. The lowest BCUT2D eigenvalue weighted by Crippen LogP contribution is -2.12. The van der Waals surface area contributed by atoms with E-state index >= 15 is 0 Å². The van der Waals surface area contributed by atoms with E-state index in [9.17, 15) is 4.79 Å². The predicted molar refractivity (Wildman–Crippen MR) is 38.0 cm³/mol. The van der Waals surface area contributed by atoms with E-state index in [-0.39, 0.29) is 5.91 Å². The van der Waals surface area contributed by atoms with Crippen molar-refractivity contribution in [3.8, 4) is 0 Å². The quantitative estimate of drug-likeness (QED) is 0.467. The van der Waals surface area contributed by atoms with E-state index in [0.717, 1.165) is 6.42 Å². The molecule has 0 rings (SSSR count). The summed E-state index contributed by atoms with van der Waals surface area (Å²) < 4.78 is 0. The third kappa shape index (κ3) is 3.14. The molecule has 0 atom stereocenters. The molecule has 1 amide bonds. The number of carbonyl (C=O) groups excluding carboxylic acids is 1. The van der Waals surface area contributed by atoms with Crippen LogP contribution in [0.15, 0.2) is 11.6 Å². The lowest BCUT2D eigenvalue weighted by molar-refractivity contribution is -0.115. The maximum absolute atomic E-state index is 10.6. The first kappa shape index (κ1) is 8.50. The van der Waals surface area contributed by atoms with E-state index in [1.165, 1.54) is 0 Å². The fraction of sp³-hybridized carbons (Fsp3) is 0.500. The van der Waals surface area contributed by atoms with Crippen LogP contribution in [0.4, 0.5) is 0 Å². The van der Waals surface area contributed by atoms with Gasteiger partial charge in [0.05, 0.1) is 0 Å². The lowest BCUT2D eigenvalue weighted by atomic mass is 10.2. The Bertz CT molecular complexity index is 131. The second-order valence-electron chi connectivity index (χ2n) is 1.72. The van der Waals surface area contributed by atoms with E-state index in [1.807, 2.05) is 17.8 Å². The third-order valence-electron chi connectivity index (χ3n) is 0.954. The smallest absolute Gasteiger partial charge is 0.260 e. The molecule has 0 unspecified atom stereocenters. The lowest BCUT2D eigenvalue weighted by Gasteiger charge is -1.93. The molecule has 0 spiro atoms. The minimum absolute atomic E-state index is 0.224. The van der Waals surface area contributed by atoms with Crippen molar-refractivity contribution in [1.29, 1.82) is 0 Å². The first-order valence-corrected chi connectivity index (χ1v) is 3.18. The van der Waals surface area contributed by atoms with Gasteiger partial charge in [-0.3, -0.25) is 9.63 Å². The summed E-state index contributed by atoms with van der Waals surface area (Å²) in [5.74, 6) is -0.224. The molecule has 52 valence electrons. The van der Waals surface area contributed by atoms with Crippen molar-refractivity contribution in [1.82, 2.24) is 4.84 Å². The molecule has 0 radical (unpaired) electrons. The van der Waals surface area contributed by atoms with Crippen LogP contribution in [0.5, 0.6) is 0 Å². The minimum Gasteiger partial charge on any atom is -0.268 e. The van der Waals surface area contributed by atoms with Gasteiger partial charge in [0, 0.05) is 17.3 Å².